The topological polar surface area (TPSA) is 63.8 Å². The molecule has 0 amide bonds. The van der Waals surface area contributed by atoms with Crippen molar-refractivity contribution in [3.8, 4) is 22.4 Å². The predicted molar refractivity (Wildman–Crippen MR) is 107 cm³/mol. The van der Waals surface area contributed by atoms with Gasteiger partial charge >= 0.3 is 0 Å². The van der Waals surface area contributed by atoms with Crippen molar-refractivity contribution in [2.24, 2.45) is 0 Å². The monoisotopic (exact) mass is 338 g/mol. The first-order valence-electron chi connectivity index (χ1n) is 8.40. The maximum Gasteiger partial charge on any atom is 0.153 e. The molecule has 0 unspecified atom stereocenters. The lowest BCUT2D eigenvalue weighted by atomic mass is 10.1. The van der Waals surface area contributed by atoms with Gasteiger partial charge < -0.3 is 11.1 Å². The largest absolute Gasteiger partial charge is 0.399 e. The molecular weight excluding hydrogens is 320 g/mol. The standard InChI is InChI=1S/C22H18N4/c23-19-10-6-16(7-11-19)17-8-12-20(13-9-17)24-22-15-14-21(25-26-22)18-4-2-1-3-5-18/h1-15H,23H2,(H,24,26). The minimum absolute atomic E-state index is 0.713. The first-order chi connectivity index (χ1) is 12.8. The van der Waals surface area contributed by atoms with E-state index in [2.05, 4.69) is 27.6 Å². The van der Waals surface area contributed by atoms with Crippen molar-refractivity contribution in [1.82, 2.24) is 10.2 Å². The van der Waals surface area contributed by atoms with Crippen LogP contribution < -0.4 is 11.1 Å². The highest BCUT2D eigenvalue weighted by molar-refractivity contribution is 5.69. The van der Waals surface area contributed by atoms with Crippen LogP contribution >= 0.6 is 0 Å². The summed E-state index contributed by atoms with van der Waals surface area (Å²) in [5.74, 6) is 0.713. The van der Waals surface area contributed by atoms with E-state index in [1.54, 1.807) is 0 Å². The number of benzene rings is 3. The highest BCUT2D eigenvalue weighted by Crippen LogP contribution is 2.24. The second kappa shape index (κ2) is 7.07. The van der Waals surface area contributed by atoms with E-state index in [1.165, 1.54) is 0 Å². The van der Waals surface area contributed by atoms with E-state index in [9.17, 15) is 0 Å². The predicted octanol–water partition coefficient (Wildman–Crippen LogP) is 5.14. The Hall–Kier alpha value is -3.66. The molecule has 26 heavy (non-hydrogen) atoms. The van der Waals surface area contributed by atoms with E-state index in [-0.39, 0.29) is 0 Å². The molecule has 0 saturated heterocycles. The molecule has 126 valence electrons. The second-order valence-corrected chi connectivity index (χ2v) is 5.99. The molecule has 4 rings (SSSR count). The van der Waals surface area contributed by atoms with Gasteiger partial charge in [0, 0.05) is 16.9 Å². The Balaban J connectivity index is 1.48. The summed E-state index contributed by atoms with van der Waals surface area (Å²) in [5.41, 5.74) is 11.7. The third-order valence-corrected chi connectivity index (χ3v) is 4.14. The van der Waals surface area contributed by atoms with Crippen LogP contribution in [0.1, 0.15) is 0 Å². The van der Waals surface area contributed by atoms with Gasteiger partial charge in [0.15, 0.2) is 5.82 Å². The third-order valence-electron chi connectivity index (χ3n) is 4.14. The summed E-state index contributed by atoms with van der Waals surface area (Å²) in [6.45, 7) is 0. The summed E-state index contributed by atoms with van der Waals surface area (Å²) in [7, 11) is 0. The zero-order chi connectivity index (χ0) is 17.8. The van der Waals surface area contributed by atoms with E-state index >= 15 is 0 Å². The van der Waals surface area contributed by atoms with Gasteiger partial charge in [-0.15, -0.1) is 10.2 Å². The fraction of sp³-hybridized carbons (Fsp3) is 0. The van der Waals surface area contributed by atoms with E-state index < -0.39 is 0 Å². The van der Waals surface area contributed by atoms with Crippen LogP contribution in [0.25, 0.3) is 22.4 Å². The van der Waals surface area contributed by atoms with E-state index in [0.717, 1.165) is 33.8 Å². The van der Waals surface area contributed by atoms with E-state index in [0.29, 0.717) is 5.82 Å². The maximum absolute atomic E-state index is 5.74. The average molecular weight is 338 g/mol. The molecule has 0 aliphatic carbocycles. The molecule has 1 aromatic heterocycles. The van der Waals surface area contributed by atoms with Crippen LogP contribution in [0.4, 0.5) is 17.2 Å². The Morgan fingerprint density at radius 2 is 1.23 bits per heavy atom. The number of nitrogens with one attached hydrogen (secondary N) is 1. The van der Waals surface area contributed by atoms with Crippen LogP contribution in [0, 0.1) is 0 Å². The molecule has 4 nitrogen and oxygen atoms in total. The number of nitrogen functional groups attached to an aromatic ring is 1. The van der Waals surface area contributed by atoms with E-state index in [1.807, 2.05) is 78.9 Å². The van der Waals surface area contributed by atoms with Crippen molar-refractivity contribution < 1.29 is 0 Å². The van der Waals surface area contributed by atoms with Crippen LogP contribution in [0.15, 0.2) is 91.0 Å². The van der Waals surface area contributed by atoms with Gasteiger partial charge in [-0.3, -0.25) is 0 Å². The lowest BCUT2D eigenvalue weighted by Gasteiger charge is -2.08. The number of hydrogen-bond acceptors (Lipinski definition) is 4. The average Bonchev–Trinajstić information content (AvgIpc) is 2.71. The number of anilines is 3. The van der Waals surface area contributed by atoms with Crippen LogP contribution in [-0.4, -0.2) is 10.2 Å². The number of aromatic nitrogens is 2. The Bertz CT molecular complexity index is 977. The highest BCUT2D eigenvalue weighted by Gasteiger charge is 2.02. The molecule has 0 bridgehead atoms. The molecule has 0 radical (unpaired) electrons. The zero-order valence-electron chi connectivity index (χ0n) is 14.1. The Labute approximate surface area is 152 Å². The van der Waals surface area contributed by atoms with Gasteiger partial charge in [0.2, 0.25) is 0 Å². The van der Waals surface area contributed by atoms with Gasteiger partial charge in [-0.25, -0.2) is 0 Å². The molecule has 4 heteroatoms. The lowest BCUT2D eigenvalue weighted by molar-refractivity contribution is 1.04. The molecule has 3 aromatic carbocycles. The van der Waals surface area contributed by atoms with Gasteiger partial charge in [-0.2, -0.15) is 0 Å². The summed E-state index contributed by atoms with van der Waals surface area (Å²) in [6.07, 6.45) is 0. The molecule has 3 N–H and O–H groups in total. The molecule has 0 fully saturated rings. The van der Waals surface area contributed by atoms with Crippen LogP contribution in [0.5, 0.6) is 0 Å². The number of nitrogens with zero attached hydrogens (tertiary/aromatic N) is 2. The molecule has 1 heterocycles. The van der Waals surface area contributed by atoms with Gasteiger partial charge in [-0.1, -0.05) is 54.6 Å². The van der Waals surface area contributed by atoms with Gasteiger partial charge in [0.05, 0.1) is 5.69 Å². The Morgan fingerprint density at radius 3 is 1.85 bits per heavy atom. The number of hydrogen-bond donors (Lipinski definition) is 2. The Morgan fingerprint density at radius 1 is 0.577 bits per heavy atom. The smallest absolute Gasteiger partial charge is 0.153 e. The summed E-state index contributed by atoms with van der Waals surface area (Å²) in [6, 6.07) is 30.0. The minimum Gasteiger partial charge on any atom is -0.399 e. The molecule has 4 aromatic rings. The lowest BCUT2D eigenvalue weighted by Crippen LogP contribution is -1.96. The molecule has 0 atom stereocenters. The van der Waals surface area contributed by atoms with Crippen molar-refractivity contribution >= 4 is 17.2 Å². The molecule has 0 aliphatic heterocycles. The first kappa shape index (κ1) is 15.8. The fourth-order valence-electron chi connectivity index (χ4n) is 2.73. The minimum atomic E-state index is 0.713. The first-order valence-corrected chi connectivity index (χ1v) is 8.40. The molecule has 0 saturated carbocycles. The maximum atomic E-state index is 5.74. The number of nitrogens with two attached hydrogens (primary N) is 1. The summed E-state index contributed by atoms with van der Waals surface area (Å²) in [5, 5.41) is 11.8. The van der Waals surface area contributed by atoms with Gasteiger partial charge in [0.1, 0.15) is 0 Å². The van der Waals surface area contributed by atoms with Crippen LogP contribution in [-0.2, 0) is 0 Å². The van der Waals surface area contributed by atoms with Crippen molar-refractivity contribution in [2.75, 3.05) is 11.1 Å². The van der Waals surface area contributed by atoms with Gasteiger partial charge in [0.25, 0.3) is 0 Å². The van der Waals surface area contributed by atoms with Gasteiger partial charge in [-0.05, 0) is 47.5 Å². The summed E-state index contributed by atoms with van der Waals surface area (Å²) in [4.78, 5) is 0. The van der Waals surface area contributed by atoms with E-state index in [4.69, 9.17) is 5.73 Å². The Kier molecular flexibility index (Phi) is 4.31. The van der Waals surface area contributed by atoms with Crippen molar-refractivity contribution in [2.45, 2.75) is 0 Å². The van der Waals surface area contributed by atoms with Crippen molar-refractivity contribution in [3.63, 3.8) is 0 Å². The second-order valence-electron chi connectivity index (χ2n) is 5.99. The normalized spacial score (nSPS) is 10.5. The molecule has 0 spiro atoms. The van der Waals surface area contributed by atoms with Crippen LogP contribution in [0.2, 0.25) is 0 Å². The quantitative estimate of drug-likeness (QED) is 0.506. The van der Waals surface area contributed by atoms with Crippen LogP contribution in [0.3, 0.4) is 0 Å². The summed E-state index contributed by atoms with van der Waals surface area (Å²) >= 11 is 0. The zero-order valence-corrected chi connectivity index (χ0v) is 14.1. The fourth-order valence-corrected chi connectivity index (χ4v) is 2.73. The highest BCUT2D eigenvalue weighted by atomic mass is 15.2. The number of rotatable bonds is 4. The third kappa shape index (κ3) is 3.54. The SMILES string of the molecule is Nc1ccc(-c2ccc(Nc3ccc(-c4ccccc4)nn3)cc2)cc1. The van der Waals surface area contributed by atoms with Crippen molar-refractivity contribution in [3.05, 3.63) is 91.0 Å². The summed E-state index contributed by atoms with van der Waals surface area (Å²) < 4.78 is 0. The molecular formula is C22H18N4. The molecule has 0 aliphatic rings. The van der Waals surface area contributed by atoms with Crippen molar-refractivity contribution in [1.29, 1.82) is 0 Å².